The van der Waals surface area contributed by atoms with Gasteiger partial charge in [0.2, 0.25) is 0 Å². The lowest BCUT2D eigenvalue weighted by Gasteiger charge is -2.38. The van der Waals surface area contributed by atoms with E-state index in [0.29, 0.717) is 13.2 Å². The maximum Gasteiger partial charge on any atom is 0.0989 e. The first-order valence-electron chi connectivity index (χ1n) is 9.89. The van der Waals surface area contributed by atoms with Crippen molar-refractivity contribution in [2.75, 3.05) is 33.0 Å². The summed E-state index contributed by atoms with van der Waals surface area (Å²) in [5.74, 6) is 0. The highest BCUT2D eigenvalue weighted by Crippen LogP contribution is 2.36. The van der Waals surface area contributed by atoms with Crippen LogP contribution in [0.1, 0.15) is 25.3 Å². The summed E-state index contributed by atoms with van der Waals surface area (Å²) in [5.41, 5.74) is 8.81. The first-order chi connectivity index (χ1) is 13.7. The Bertz CT molecular complexity index is 702. The normalized spacial score (nSPS) is 24.8. The first kappa shape index (κ1) is 20.7. The average Bonchev–Trinajstić information content (AvgIpc) is 3.28. The van der Waals surface area contributed by atoms with Crippen LogP contribution in [-0.2, 0) is 20.8 Å². The molecule has 2 unspecified atom stereocenters. The highest BCUT2D eigenvalue weighted by molar-refractivity contribution is 5.48. The summed E-state index contributed by atoms with van der Waals surface area (Å²) in [6.07, 6.45) is 9.75. The molecule has 0 radical (unpaired) electrons. The highest BCUT2D eigenvalue weighted by Gasteiger charge is 2.34. The maximum absolute atomic E-state index is 6.40. The van der Waals surface area contributed by atoms with Crippen LogP contribution in [0.3, 0.4) is 0 Å². The Kier molecular flexibility index (Phi) is 7.80. The molecule has 2 heterocycles. The lowest BCUT2D eigenvalue weighted by Crippen LogP contribution is -2.44. The third-order valence-electron chi connectivity index (χ3n) is 5.25. The molecule has 0 spiro atoms. The Hall–Kier alpha value is -1.99. The van der Waals surface area contributed by atoms with Gasteiger partial charge in [0.05, 0.1) is 46.0 Å². The monoisotopic (exact) mass is 385 g/mol. The summed E-state index contributed by atoms with van der Waals surface area (Å²) in [6, 6.07) is 10.2. The molecule has 0 bridgehead atoms. The fourth-order valence-corrected chi connectivity index (χ4v) is 3.30. The number of benzene rings is 1. The minimum absolute atomic E-state index is 0.00516. The number of nitrogens with zero attached hydrogens (tertiary/aromatic N) is 2. The summed E-state index contributed by atoms with van der Waals surface area (Å²) < 4.78 is 17.9. The van der Waals surface area contributed by atoms with E-state index < -0.39 is 0 Å². The molecule has 0 amide bonds. The number of rotatable bonds is 5. The molecule has 1 aromatic heterocycles. The zero-order chi connectivity index (χ0) is 19.7. The molecule has 6 nitrogen and oxygen atoms in total. The van der Waals surface area contributed by atoms with Crippen molar-refractivity contribution in [3.05, 3.63) is 60.7 Å². The maximum atomic E-state index is 6.40. The third-order valence-corrected chi connectivity index (χ3v) is 5.25. The van der Waals surface area contributed by atoms with Crippen molar-refractivity contribution in [1.82, 2.24) is 9.55 Å². The van der Waals surface area contributed by atoms with Gasteiger partial charge in [0.1, 0.15) is 0 Å². The molecule has 2 aliphatic rings. The van der Waals surface area contributed by atoms with Crippen LogP contribution < -0.4 is 5.73 Å². The SMILES string of the molecule is C1COCCO1.CC1(COCc2ccccc2)CCC(n2ccnc2)=CC1N. The summed E-state index contributed by atoms with van der Waals surface area (Å²) in [7, 11) is 0. The Balaban J connectivity index is 0.000000320. The molecular weight excluding hydrogens is 354 g/mol. The minimum atomic E-state index is -0.0150. The molecule has 1 saturated heterocycles. The molecule has 1 aromatic carbocycles. The van der Waals surface area contributed by atoms with Crippen LogP contribution in [0.2, 0.25) is 0 Å². The van der Waals surface area contributed by atoms with E-state index in [2.05, 4.69) is 30.1 Å². The summed E-state index contributed by atoms with van der Waals surface area (Å²) in [6.45, 7) is 6.64. The van der Waals surface area contributed by atoms with Gasteiger partial charge in [0.15, 0.2) is 0 Å². The van der Waals surface area contributed by atoms with Crippen molar-refractivity contribution in [1.29, 1.82) is 0 Å². The topological polar surface area (TPSA) is 71.5 Å². The van der Waals surface area contributed by atoms with Crippen LogP contribution in [0.4, 0.5) is 0 Å². The number of ether oxygens (including phenoxy) is 3. The van der Waals surface area contributed by atoms with Crippen molar-refractivity contribution in [3.8, 4) is 0 Å². The van der Waals surface area contributed by atoms with Gasteiger partial charge < -0.3 is 24.5 Å². The molecule has 2 aromatic rings. The van der Waals surface area contributed by atoms with E-state index in [0.717, 1.165) is 39.3 Å². The Morgan fingerprint density at radius 3 is 2.46 bits per heavy atom. The predicted octanol–water partition coefficient (Wildman–Crippen LogP) is 3.10. The highest BCUT2D eigenvalue weighted by atomic mass is 16.6. The molecule has 1 aliphatic carbocycles. The van der Waals surface area contributed by atoms with Gasteiger partial charge in [-0.25, -0.2) is 4.98 Å². The molecule has 6 heteroatoms. The molecule has 2 N–H and O–H groups in total. The van der Waals surface area contributed by atoms with Crippen molar-refractivity contribution in [2.24, 2.45) is 11.1 Å². The molecule has 152 valence electrons. The van der Waals surface area contributed by atoms with Gasteiger partial charge in [-0.2, -0.15) is 0 Å². The van der Waals surface area contributed by atoms with E-state index in [1.807, 2.05) is 35.3 Å². The Labute approximate surface area is 167 Å². The lowest BCUT2D eigenvalue weighted by molar-refractivity contribution is -0.0334. The van der Waals surface area contributed by atoms with Gasteiger partial charge in [-0.3, -0.25) is 0 Å². The smallest absolute Gasteiger partial charge is 0.0989 e. The zero-order valence-electron chi connectivity index (χ0n) is 16.6. The number of hydrogen-bond acceptors (Lipinski definition) is 5. The van der Waals surface area contributed by atoms with Crippen LogP contribution in [0.5, 0.6) is 0 Å². The molecule has 4 rings (SSSR count). The van der Waals surface area contributed by atoms with E-state index in [4.69, 9.17) is 19.9 Å². The Morgan fingerprint density at radius 1 is 1.18 bits per heavy atom. The van der Waals surface area contributed by atoms with Crippen molar-refractivity contribution in [2.45, 2.75) is 32.4 Å². The first-order valence-corrected chi connectivity index (χ1v) is 9.89. The van der Waals surface area contributed by atoms with Crippen LogP contribution in [0.15, 0.2) is 55.1 Å². The largest absolute Gasteiger partial charge is 0.377 e. The quantitative estimate of drug-likeness (QED) is 0.856. The van der Waals surface area contributed by atoms with Gasteiger partial charge in [-0.15, -0.1) is 0 Å². The van der Waals surface area contributed by atoms with E-state index >= 15 is 0 Å². The fraction of sp³-hybridized carbons (Fsp3) is 0.500. The van der Waals surface area contributed by atoms with Crippen LogP contribution in [0.25, 0.3) is 5.70 Å². The van der Waals surface area contributed by atoms with Gasteiger partial charge in [0, 0.05) is 29.5 Å². The molecule has 0 saturated carbocycles. The van der Waals surface area contributed by atoms with Crippen LogP contribution in [0, 0.1) is 5.41 Å². The summed E-state index contributed by atoms with van der Waals surface area (Å²) in [5, 5.41) is 0. The van der Waals surface area contributed by atoms with Gasteiger partial charge in [0.25, 0.3) is 0 Å². The second-order valence-corrected chi connectivity index (χ2v) is 7.51. The van der Waals surface area contributed by atoms with Crippen molar-refractivity contribution in [3.63, 3.8) is 0 Å². The lowest BCUT2D eigenvalue weighted by atomic mass is 9.75. The fourth-order valence-electron chi connectivity index (χ4n) is 3.30. The minimum Gasteiger partial charge on any atom is -0.377 e. The molecule has 2 atom stereocenters. The molecule has 28 heavy (non-hydrogen) atoms. The van der Waals surface area contributed by atoms with Gasteiger partial charge in [-0.05, 0) is 24.5 Å². The summed E-state index contributed by atoms with van der Waals surface area (Å²) >= 11 is 0. The number of imidazole rings is 1. The Morgan fingerprint density at radius 2 is 1.89 bits per heavy atom. The van der Waals surface area contributed by atoms with E-state index in [9.17, 15) is 0 Å². The predicted molar refractivity (Wildman–Crippen MR) is 110 cm³/mol. The number of aromatic nitrogens is 2. The van der Waals surface area contributed by atoms with E-state index in [-0.39, 0.29) is 11.5 Å². The van der Waals surface area contributed by atoms with E-state index in [1.54, 1.807) is 6.20 Å². The average molecular weight is 386 g/mol. The second kappa shape index (κ2) is 10.5. The van der Waals surface area contributed by atoms with Gasteiger partial charge in [-0.1, -0.05) is 37.3 Å². The van der Waals surface area contributed by atoms with E-state index in [1.165, 1.54) is 11.3 Å². The second-order valence-electron chi connectivity index (χ2n) is 7.51. The van der Waals surface area contributed by atoms with Crippen molar-refractivity contribution >= 4 is 5.70 Å². The third kappa shape index (κ3) is 6.01. The molecule has 1 aliphatic heterocycles. The van der Waals surface area contributed by atoms with Crippen LogP contribution in [-0.4, -0.2) is 48.6 Å². The number of allylic oxidation sites excluding steroid dienone is 1. The summed E-state index contributed by atoms with van der Waals surface area (Å²) in [4.78, 5) is 4.10. The zero-order valence-corrected chi connectivity index (χ0v) is 16.6. The van der Waals surface area contributed by atoms with Gasteiger partial charge >= 0.3 is 0 Å². The molecule has 1 fully saturated rings. The number of hydrogen-bond donors (Lipinski definition) is 1. The van der Waals surface area contributed by atoms with Crippen LogP contribution >= 0.6 is 0 Å². The number of nitrogens with two attached hydrogens (primary N) is 1. The van der Waals surface area contributed by atoms with Crippen molar-refractivity contribution < 1.29 is 14.2 Å². The molecular formula is C22H31N3O3. The standard InChI is InChI=1S/C18H23N3O.C4H8O2/c1-18(13-22-12-15-5-3-2-4-6-15)8-7-16(11-17(18)19)21-10-9-20-14-21;1-2-6-4-3-5-1/h2-6,9-11,14,17H,7-8,12-13,19H2,1H3;1-4H2.